The number of pyridine rings is 1. The van der Waals surface area contributed by atoms with Crippen molar-refractivity contribution in [3.63, 3.8) is 0 Å². The molecule has 0 radical (unpaired) electrons. The fourth-order valence-corrected chi connectivity index (χ4v) is 4.00. The fourth-order valence-electron chi connectivity index (χ4n) is 3.74. The molecule has 0 spiro atoms. The van der Waals surface area contributed by atoms with Gasteiger partial charge in [-0.05, 0) is 24.3 Å². The molecular formula is C24H16ClN7O2. The van der Waals surface area contributed by atoms with E-state index in [1.165, 1.54) is 0 Å². The molecule has 0 bridgehead atoms. The lowest BCUT2D eigenvalue weighted by Gasteiger charge is -2.19. The van der Waals surface area contributed by atoms with Crippen molar-refractivity contribution >= 4 is 46.2 Å². The van der Waals surface area contributed by atoms with E-state index in [0.717, 1.165) is 5.56 Å². The highest BCUT2D eigenvalue weighted by atomic mass is 35.5. The van der Waals surface area contributed by atoms with Crippen LogP contribution in [0, 0.1) is 0 Å². The van der Waals surface area contributed by atoms with Crippen LogP contribution in [0.25, 0.3) is 11.4 Å². The van der Waals surface area contributed by atoms with Crippen LogP contribution < -0.4 is 11.1 Å². The van der Waals surface area contributed by atoms with E-state index in [0.29, 0.717) is 11.6 Å². The number of ketones is 2. The number of hydrogen-bond donors (Lipinski definition) is 2. The summed E-state index contributed by atoms with van der Waals surface area (Å²) >= 11 is 6.20. The number of carbonyl (C=O) groups excluding carboxylic acids is 2. The van der Waals surface area contributed by atoms with Crippen LogP contribution in [0.2, 0.25) is 5.02 Å². The number of azo groups is 1. The largest absolute Gasteiger partial charge is 0.382 e. The second-order valence-electron chi connectivity index (χ2n) is 7.34. The van der Waals surface area contributed by atoms with Gasteiger partial charge >= 0.3 is 0 Å². The number of hydrogen-bond acceptors (Lipinski definition) is 9. The number of fused-ring (bicyclic) bond motifs is 2. The van der Waals surface area contributed by atoms with E-state index in [4.69, 9.17) is 17.3 Å². The standard InChI is InChI=1S/C24H16ClN7O2/c1-27-24-19(22(26)29-23(30-24)12-8-10-28-11-9-12)32-31-16-7-3-5-14-18(16)21(34)13-4-2-6-15(25)17(13)20(14)33/h2-11H,1H3,(H3,26,27,29,30). The first kappa shape index (κ1) is 21.4. The maximum Gasteiger partial charge on any atom is 0.196 e. The highest BCUT2D eigenvalue weighted by molar-refractivity contribution is 6.39. The number of carbonyl (C=O) groups is 2. The number of benzene rings is 2. The van der Waals surface area contributed by atoms with Crippen LogP contribution in [-0.2, 0) is 0 Å². The van der Waals surface area contributed by atoms with Gasteiger partial charge in [-0.25, -0.2) is 9.97 Å². The van der Waals surface area contributed by atoms with Gasteiger partial charge in [-0.3, -0.25) is 14.6 Å². The third kappa shape index (κ3) is 3.48. The van der Waals surface area contributed by atoms with Crippen molar-refractivity contribution in [3.05, 3.63) is 88.2 Å². The van der Waals surface area contributed by atoms with Gasteiger partial charge in [-0.1, -0.05) is 35.9 Å². The van der Waals surface area contributed by atoms with Crippen LogP contribution in [-0.4, -0.2) is 33.6 Å². The predicted molar refractivity (Wildman–Crippen MR) is 128 cm³/mol. The van der Waals surface area contributed by atoms with Gasteiger partial charge in [-0.15, -0.1) is 10.2 Å². The molecule has 1 aliphatic carbocycles. The summed E-state index contributed by atoms with van der Waals surface area (Å²) < 4.78 is 0. The zero-order valence-corrected chi connectivity index (χ0v) is 18.5. The molecule has 166 valence electrons. The number of rotatable bonds is 4. The highest BCUT2D eigenvalue weighted by Gasteiger charge is 2.33. The van der Waals surface area contributed by atoms with Crippen molar-refractivity contribution in [3.8, 4) is 11.4 Å². The van der Waals surface area contributed by atoms with Gasteiger partial charge < -0.3 is 11.1 Å². The van der Waals surface area contributed by atoms with Crippen LogP contribution >= 0.6 is 11.6 Å². The van der Waals surface area contributed by atoms with E-state index in [1.807, 2.05) is 0 Å². The number of anilines is 2. The molecule has 4 aromatic rings. The predicted octanol–water partition coefficient (Wildman–Crippen LogP) is 5.01. The molecule has 1 aliphatic rings. The Morgan fingerprint density at radius 3 is 2.29 bits per heavy atom. The average Bonchev–Trinajstić information content (AvgIpc) is 2.86. The Morgan fingerprint density at radius 1 is 0.882 bits per heavy atom. The molecule has 2 heterocycles. The second kappa shape index (κ2) is 8.45. The van der Waals surface area contributed by atoms with Gasteiger partial charge in [0.25, 0.3) is 0 Å². The molecule has 0 unspecified atom stereocenters. The highest BCUT2D eigenvalue weighted by Crippen LogP contribution is 2.38. The Balaban J connectivity index is 1.58. The Hall–Kier alpha value is -4.50. The number of halogens is 1. The number of nitrogens with two attached hydrogens (primary N) is 1. The summed E-state index contributed by atoms with van der Waals surface area (Å²) in [5.74, 6) is 0.154. The lowest BCUT2D eigenvalue weighted by atomic mass is 9.83. The topological polar surface area (TPSA) is 136 Å². The molecule has 2 aromatic heterocycles. The molecule has 0 saturated carbocycles. The lowest BCUT2D eigenvalue weighted by molar-refractivity contribution is 0.0979. The van der Waals surface area contributed by atoms with Crippen molar-refractivity contribution in [2.45, 2.75) is 0 Å². The second-order valence-corrected chi connectivity index (χ2v) is 7.74. The first-order valence-electron chi connectivity index (χ1n) is 10.2. The molecule has 10 heteroatoms. The lowest BCUT2D eigenvalue weighted by Crippen LogP contribution is -2.21. The van der Waals surface area contributed by atoms with E-state index in [9.17, 15) is 9.59 Å². The summed E-state index contributed by atoms with van der Waals surface area (Å²) in [7, 11) is 1.67. The van der Waals surface area contributed by atoms with Crippen molar-refractivity contribution in [2.24, 2.45) is 10.2 Å². The quantitative estimate of drug-likeness (QED) is 0.353. The van der Waals surface area contributed by atoms with Crippen LogP contribution in [0.4, 0.5) is 23.0 Å². The van der Waals surface area contributed by atoms with Crippen molar-refractivity contribution in [2.75, 3.05) is 18.1 Å². The monoisotopic (exact) mass is 469 g/mol. The third-order valence-electron chi connectivity index (χ3n) is 5.34. The minimum atomic E-state index is -0.354. The zero-order chi connectivity index (χ0) is 23.8. The first-order chi connectivity index (χ1) is 16.5. The van der Waals surface area contributed by atoms with E-state index in [2.05, 4.69) is 30.5 Å². The summed E-state index contributed by atoms with van der Waals surface area (Å²) in [6.45, 7) is 0. The number of nitrogen functional groups attached to an aromatic ring is 1. The van der Waals surface area contributed by atoms with Crippen molar-refractivity contribution in [1.29, 1.82) is 0 Å². The molecular weight excluding hydrogens is 454 g/mol. The molecule has 2 aromatic carbocycles. The molecule has 0 amide bonds. The summed E-state index contributed by atoms with van der Waals surface area (Å²) in [6.07, 6.45) is 3.26. The molecule has 9 nitrogen and oxygen atoms in total. The Bertz CT molecular complexity index is 1500. The minimum Gasteiger partial charge on any atom is -0.382 e. The SMILES string of the molecule is CNc1nc(-c2ccncc2)nc(N)c1N=Nc1cccc2c1C(=O)c1cccc(Cl)c1C2=O. The van der Waals surface area contributed by atoms with E-state index in [1.54, 1.807) is 68.0 Å². The van der Waals surface area contributed by atoms with E-state index in [-0.39, 0.29) is 56.0 Å². The molecule has 0 saturated heterocycles. The number of aromatic nitrogens is 3. The first-order valence-corrected chi connectivity index (χ1v) is 10.6. The number of nitrogens with one attached hydrogen (secondary N) is 1. The van der Waals surface area contributed by atoms with Gasteiger partial charge in [0.2, 0.25) is 0 Å². The third-order valence-corrected chi connectivity index (χ3v) is 5.66. The summed E-state index contributed by atoms with van der Waals surface area (Å²) in [5, 5.41) is 11.7. The fraction of sp³-hybridized carbons (Fsp3) is 0.0417. The van der Waals surface area contributed by atoms with E-state index < -0.39 is 0 Å². The van der Waals surface area contributed by atoms with Gasteiger partial charge in [0.05, 0.1) is 21.8 Å². The zero-order valence-electron chi connectivity index (χ0n) is 17.8. The normalized spacial score (nSPS) is 12.5. The van der Waals surface area contributed by atoms with E-state index >= 15 is 0 Å². The average molecular weight is 470 g/mol. The maximum atomic E-state index is 13.3. The molecule has 0 atom stereocenters. The van der Waals surface area contributed by atoms with Crippen LogP contribution in [0.1, 0.15) is 31.8 Å². The number of nitrogens with zero attached hydrogens (tertiary/aromatic N) is 5. The molecule has 0 fully saturated rings. The molecule has 3 N–H and O–H groups in total. The minimum absolute atomic E-state index is 0.0965. The van der Waals surface area contributed by atoms with Gasteiger partial charge in [0.1, 0.15) is 0 Å². The maximum absolute atomic E-state index is 13.3. The Kier molecular flexibility index (Phi) is 5.31. The van der Waals surface area contributed by atoms with Crippen LogP contribution in [0.15, 0.2) is 71.2 Å². The Labute approximate surface area is 198 Å². The van der Waals surface area contributed by atoms with Crippen LogP contribution in [0.3, 0.4) is 0 Å². The Morgan fingerprint density at radius 2 is 1.56 bits per heavy atom. The molecule has 5 rings (SSSR count). The molecule has 34 heavy (non-hydrogen) atoms. The summed E-state index contributed by atoms with van der Waals surface area (Å²) in [4.78, 5) is 39.1. The van der Waals surface area contributed by atoms with Gasteiger partial charge in [0.15, 0.2) is 34.7 Å². The summed E-state index contributed by atoms with van der Waals surface area (Å²) in [5.41, 5.74) is 8.13. The molecule has 0 aliphatic heterocycles. The van der Waals surface area contributed by atoms with Crippen LogP contribution in [0.5, 0.6) is 0 Å². The smallest absolute Gasteiger partial charge is 0.196 e. The van der Waals surface area contributed by atoms with Gasteiger partial charge in [-0.2, -0.15) is 0 Å². The van der Waals surface area contributed by atoms with Crippen molar-refractivity contribution < 1.29 is 9.59 Å². The van der Waals surface area contributed by atoms with Gasteiger partial charge in [0, 0.05) is 36.1 Å². The summed E-state index contributed by atoms with van der Waals surface area (Å²) in [6, 6.07) is 13.1. The van der Waals surface area contributed by atoms with Crippen molar-refractivity contribution in [1.82, 2.24) is 15.0 Å².